The van der Waals surface area contributed by atoms with Crippen LogP contribution >= 0.6 is 22.6 Å². The van der Waals surface area contributed by atoms with Crippen molar-refractivity contribution < 1.29 is 0 Å². The summed E-state index contributed by atoms with van der Waals surface area (Å²) in [7, 11) is 0. The van der Waals surface area contributed by atoms with Crippen LogP contribution in [0.3, 0.4) is 0 Å². The quantitative estimate of drug-likeness (QED) is 0.793. The predicted molar refractivity (Wildman–Crippen MR) is 58.6 cm³/mol. The van der Waals surface area contributed by atoms with Gasteiger partial charge in [0.15, 0.2) is 0 Å². The van der Waals surface area contributed by atoms with E-state index in [1.807, 2.05) is 22.6 Å². The SMILES string of the molecule is O=c1c(I)cncn1CCC1CC1. The van der Waals surface area contributed by atoms with E-state index in [-0.39, 0.29) is 5.56 Å². The van der Waals surface area contributed by atoms with Gasteiger partial charge in [0, 0.05) is 12.7 Å². The fourth-order valence-corrected chi connectivity index (χ4v) is 1.78. The zero-order valence-electron chi connectivity index (χ0n) is 7.24. The van der Waals surface area contributed by atoms with Gasteiger partial charge < -0.3 is 0 Å². The number of aryl methyl sites for hydroxylation is 1. The summed E-state index contributed by atoms with van der Waals surface area (Å²) in [6.07, 6.45) is 7.04. The summed E-state index contributed by atoms with van der Waals surface area (Å²) in [5.74, 6) is 0.866. The molecule has 1 aromatic heterocycles. The molecule has 1 aliphatic rings. The number of aromatic nitrogens is 2. The number of rotatable bonds is 3. The van der Waals surface area contributed by atoms with Gasteiger partial charge in [-0.2, -0.15) is 0 Å². The van der Waals surface area contributed by atoms with E-state index in [1.165, 1.54) is 12.8 Å². The molecule has 0 bridgehead atoms. The molecular weight excluding hydrogens is 279 g/mol. The third-order valence-corrected chi connectivity index (χ3v) is 3.07. The Kier molecular flexibility index (Phi) is 2.66. The van der Waals surface area contributed by atoms with Crippen molar-refractivity contribution in [2.24, 2.45) is 5.92 Å². The van der Waals surface area contributed by atoms with Crippen LogP contribution in [0.1, 0.15) is 19.3 Å². The first kappa shape index (κ1) is 9.18. The molecule has 0 spiro atoms. The molecule has 13 heavy (non-hydrogen) atoms. The highest BCUT2D eigenvalue weighted by Crippen LogP contribution is 2.32. The van der Waals surface area contributed by atoms with Gasteiger partial charge in [-0.25, -0.2) is 4.98 Å². The lowest BCUT2D eigenvalue weighted by Gasteiger charge is -2.03. The summed E-state index contributed by atoms with van der Waals surface area (Å²) >= 11 is 2.03. The van der Waals surface area contributed by atoms with E-state index < -0.39 is 0 Å². The predicted octanol–water partition coefficient (Wildman–Crippen LogP) is 1.65. The van der Waals surface area contributed by atoms with E-state index in [0.29, 0.717) is 3.57 Å². The fourth-order valence-electron chi connectivity index (χ4n) is 1.31. The minimum Gasteiger partial charge on any atom is -0.298 e. The normalized spacial score (nSPS) is 16.1. The lowest BCUT2D eigenvalue weighted by atomic mass is 10.3. The Morgan fingerprint density at radius 3 is 3.08 bits per heavy atom. The standard InChI is InChI=1S/C9H11IN2O/c10-8-5-11-6-12(9(8)13)4-3-7-1-2-7/h5-7H,1-4H2. The zero-order valence-corrected chi connectivity index (χ0v) is 9.40. The van der Waals surface area contributed by atoms with Gasteiger partial charge in [0.05, 0.1) is 9.90 Å². The Labute approximate surface area is 90.3 Å². The van der Waals surface area contributed by atoms with Crippen LogP contribution in [-0.4, -0.2) is 9.55 Å². The highest BCUT2D eigenvalue weighted by atomic mass is 127. The van der Waals surface area contributed by atoms with E-state index >= 15 is 0 Å². The van der Waals surface area contributed by atoms with Crippen molar-refractivity contribution in [1.82, 2.24) is 9.55 Å². The number of hydrogen-bond acceptors (Lipinski definition) is 2. The van der Waals surface area contributed by atoms with Crippen LogP contribution < -0.4 is 5.56 Å². The topological polar surface area (TPSA) is 34.9 Å². The molecule has 2 rings (SSSR count). The number of hydrogen-bond donors (Lipinski definition) is 0. The van der Waals surface area contributed by atoms with Crippen LogP contribution in [0.2, 0.25) is 0 Å². The van der Waals surface area contributed by atoms with E-state index in [2.05, 4.69) is 4.98 Å². The van der Waals surface area contributed by atoms with Crippen molar-refractivity contribution in [2.75, 3.05) is 0 Å². The molecule has 0 atom stereocenters. The van der Waals surface area contributed by atoms with Gasteiger partial charge >= 0.3 is 0 Å². The van der Waals surface area contributed by atoms with Gasteiger partial charge in [0.2, 0.25) is 0 Å². The summed E-state index contributed by atoms with van der Waals surface area (Å²) in [4.78, 5) is 15.5. The Hall–Kier alpha value is -0.390. The molecular formula is C9H11IN2O. The lowest BCUT2D eigenvalue weighted by Crippen LogP contribution is -2.22. The first-order valence-corrected chi connectivity index (χ1v) is 5.55. The maximum Gasteiger partial charge on any atom is 0.266 e. The molecule has 4 heteroatoms. The second kappa shape index (κ2) is 3.77. The minimum atomic E-state index is 0.0938. The molecule has 1 aromatic rings. The van der Waals surface area contributed by atoms with Crippen molar-refractivity contribution in [1.29, 1.82) is 0 Å². The largest absolute Gasteiger partial charge is 0.298 e. The van der Waals surface area contributed by atoms with Crippen molar-refractivity contribution in [2.45, 2.75) is 25.8 Å². The fraction of sp³-hybridized carbons (Fsp3) is 0.556. The van der Waals surface area contributed by atoms with Crippen molar-refractivity contribution in [3.05, 3.63) is 26.4 Å². The number of halogens is 1. The highest BCUT2D eigenvalue weighted by molar-refractivity contribution is 14.1. The van der Waals surface area contributed by atoms with Crippen molar-refractivity contribution in [3.8, 4) is 0 Å². The summed E-state index contributed by atoms with van der Waals surface area (Å²) in [5.41, 5.74) is 0.0938. The van der Waals surface area contributed by atoms with E-state index in [0.717, 1.165) is 18.9 Å². The maximum absolute atomic E-state index is 11.5. The Morgan fingerprint density at radius 2 is 2.38 bits per heavy atom. The maximum atomic E-state index is 11.5. The molecule has 1 fully saturated rings. The second-order valence-electron chi connectivity index (χ2n) is 3.47. The summed E-state index contributed by atoms with van der Waals surface area (Å²) in [6, 6.07) is 0. The Morgan fingerprint density at radius 1 is 1.62 bits per heavy atom. The molecule has 0 saturated heterocycles. The smallest absolute Gasteiger partial charge is 0.266 e. The molecule has 0 aromatic carbocycles. The molecule has 0 aliphatic heterocycles. The van der Waals surface area contributed by atoms with Crippen molar-refractivity contribution in [3.63, 3.8) is 0 Å². The van der Waals surface area contributed by atoms with Crippen LogP contribution in [0.4, 0.5) is 0 Å². The average Bonchev–Trinajstić information content (AvgIpc) is 2.91. The Balaban J connectivity index is 2.09. The summed E-state index contributed by atoms with van der Waals surface area (Å²) in [5, 5.41) is 0. The first-order valence-electron chi connectivity index (χ1n) is 4.47. The van der Waals surface area contributed by atoms with Crippen LogP contribution in [0.5, 0.6) is 0 Å². The molecule has 70 valence electrons. The summed E-state index contributed by atoms with van der Waals surface area (Å²) in [6.45, 7) is 0.827. The van der Waals surface area contributed by atoms with Crippen LogP contribution in [0.25, 0.3) is 0 Å². The van der Waals surface area contributed by atoms with Crippen molar-refractivity contribution >= 4 is 22.6 Å². The van der Waals surface area contributed by atoms with E-state index in [9.17, 15) is 4.79 Å². The van der Waals surface area contributed by atoms with Gasteiger partial charge in [0.1, 0.15) is 0 Å². The van der Waals surface area contributed by atoms with E-state index in [4.69, 9.17) is 0 Å². The molecule has 0 unspecified atom stereocenters. The second-order valence-corrected chi connectivity index (χ2v) is 4.63. The van der Waals surface area contributed by atoms with Gasteiger partial charge in [0.25, 0.3) is 5.56 Å². The summed E-state index contributed by atoms with van der Waals surface area (Å²) < 4.78 is 2.41. The molecule has 0 radical (unpaired) electrons. The van der Waals surface area contributed by atoms with Crippen LogP contribution in [0, 0.1) is 9.49 Å². The van der Waals surface area contributed by atoms with Gasteiger partial charge in [-0.1, -0.05) is 12.8 Å². The van der Waals surface area contributed by atoms with Gasteiger partial charge in [-0.05, 0) is 34.9 Å². The number of nitrogens with zero attached hydrogens (tertiary/aromatic N) is 2. The van der Waals surface area contributed by atoms with Gasteiger partial charge in [-0.15, -0.1) is 0 Å². The van der Waals surface area contributed by atoms with Crippen LogP contribution in [0.15, 0.2) is 17.3 Å². The average molecular weight is 290 g/mol. The molecule has 0 N–H and O–H groups in total. The van der Waals surface area contributed by atoms with E-state index in [1.54, 1.807) is 17.1 Å². The Bertz CT molecular complexity index is 357. The monoisotopic (exact) mass is 290 g/mol. The molecule has 1 heterocycles. The first-order chi connectivity index (χ1) is 6.27. The minimum absolute atomic E-state index is 0.0938. The third kappa shape index (κ3) is 2.30. The van der Waals surface area contributed by atoms with Crippen LogP contribution in [-0.2, 0) is 6.54 Å². The molecule has 0 amide bonds. The van der Waals surface area contributed by atoms with Gasteiger partial charge in [-0.3, -0.25) is 9.36 Å². The molecule has 1 aliphatic carbocycles. The molecule has 3 nitrogen and oxygen atoms in total. The zero-order chi connectivity index (χ0) is 9.26. The molecule has 1 saturated carbocycles. The highest BCUT2D eigenvalue weighted by Gasteiger charge is 2.20. The third-order valence-electron chi connectivity index (χ3n) is 2.33. The lowest BCUT2D eigenvalue weighted by molar-refractivity contribution is 0.571.